The fourth-order valence-corrected chi connectivity index (χ4v) is 4.08. The topological polar surface area (TPSA) is 44.8 Å². The van der Waals surface area contributed by atoms with E-state index in [1.807, 2.05) is 18.2 Å². The summed E-state index contributed by atoms with van der Waals surface area (Å²) >= 11 is 0. The summed E-state index contributed by atoms with van der Waals surface area (Å²) in [6.07, 6.45) is 5.95. The zero-order valence-electron chi connectivity index (χ0n) is 15.4. The van der Waals surface area contributed by atoms with Crippen LogP contribution >= 0.6 is 0 Å². The molecule has 1 aromatic rings. The molecule has 25 heavy (non-hydrogen) atoms. The SMILES string of the molecule is COc1ccccc1CCNC(=O)CN1CCCC(N2CCCC2)C1. The lowest BCUT2D eigenvalue weighted by molar-refractivity contribution is -0.122. The Kier molecular flexibility index (Phi) is 6.70. The Hall–Kier alpha value is -1.59. The van der Waals surface area contributed by atoms with Gasteiger partial charge in [-0.1, -0.05) is 18.2 Å². The molecule has 1 amide bonds. The summed E-state index contributed by atoms with van der Waals surface area (Å²) in [6, 6.07) is 8.64. The van der Waals surface area contributed by atoms with E-state index >= 15 is 0 Å². The lowest BCUT2D eigenvalue weighted by Gasteiger charge is -2.37. The minimum Gasteiger partial charge on any atom is -0.496 e. The Morgan fingerprint density at radius 2 is 2.00 bits per heavy atom. The third-order valence-electron chi connectivity index (χ3n) is 5.41. The van der Waals surface area contributed by atoms with E-state index in [4.69, 9.17) is 4.74 Å². The number of hydrogen-bond donors (Lipinski definition) is 1. The van der Waals surface area contributed by atoms with Crippen LogP contribution < -0.4 is 10.1 Å². The second-order valence-electron chi connectivity index (χ2n) is 7.19. The van der Waals surface area contributed by atoms with Crippen molar-refractivity contribution in [1.82, 2.24) is 15.1 Å². The predicted molar refractivity (Wildman–Crippen MR) is 100.0 cm³/mol. The van der Waals surface area contributed by atoms with Crippen molar-refractivity contribution in [2.24, 2.45) is 0 Å². The van der Waals surface area contributed by atoms with Gasteiger partial charge < -0.3 is 10.1 Å². The van der Waals surface area contributed by atoms with Gasteiger partial charge in [-0.25, -0.2) is 0 Å². The molecule has 2 aliphatic rings. The van der Waals surface area contributed by atoms with Crippen LogP contribution in [0.5, 0.6) is 5.75 Å². The van der Waals surface area contributed by atoms with Crippen molar-refractivity contribution in [3.63, 3.8) is 0 Å². The highest BCUT2D eigenvalue weighted by molar-refractivity contribution is 5.78. The molecule has 2 heterocycles. The second kappa shape index (κ2) is 9.20. The van der Waals surface area contributed by atoms with Crippen molar-refractivity contribution in [2.45, 2.75) is 38.1 Å². The van der Waals surface area contributed by atoms with E-state index < -0.39 is 0 Å². The average Bonchev–Trinajstić information content (AvgIpc) is 3.17. The maximum Gasteiger partial charge on any atom is 0.234 e. The molecule has 1 unspecified atom stereocenters. The lowest BCUT2D eigenvalue weighted by Crippen LogP contribution is -2.49. The number of benzene rings is 1. The van der Waals surface area contributed by atoms with E-state index in [1.165, 1.54) is 38.8 Å². The number of carbonyl (C=O) groups is 1. The van der Waals surface area contributed by atoms with Crippen LogP contribution in [0.25, 0.3) is 0 Å². The van der Waals surface area contributed by atoms with Gasteiger partial charge in [0.25, 0.3) is 0 Å². The number of likely N-dealkylation sites (tertiary alicyclic amines) is 2. The predicted octanol–water partition coefficient (Wildman–Crippen LogP) is 1.91. The highest BCUT2D eigenvalue weighted by atomic mass is 16.5. The van der Waals surface area contributed by atoms with Crippen molar-refractivity contribution in [3.8, 4) is 5.75 Å². The third kappa shape index (κ3) is 5.19. The molecule has 1 N–H and O–H groups in total. The zero-order valence-corrected chi connectivity index (χ0v) is 15.4. The van der Waals surface area contributed by atoms with Crippen LogP contribution in [-0.4, -0.2) is 68.1 Å². The first-order valence-electron chi connectivity index (χ1n) is 9.61. The standard InChI is InChI=1S/C20H31N3O2/c1-25-19-9-3-2-7-17(19)10-11-21-20(24)16-22-12-6-8-18(15-22)23-13-4-5-14-23/h2-3,7,9,18H,4-6,8,10-16H2,1H3,(H,21,24). The third-order valence-corrected chi connectivity index (χ3v) is 5.41. The molecular weight excluding hydrogens is 314 g/mol. The highest BCUT2D eigenvalue weighted by Crippen LogP contribution is 2.20. The molecule has 2 fully saturated rings. The van der Waals surface area contributed by atoms with Gasteiger partial charge in [-0.15, -0.1) is 0 Å². The molecule has 0 aromatic heterocycles. The number of para-hydroxylation sites is 1. The number of rotatable bonds is 7. The Morgan fingerprint density at radius 3 is 2.80 bits per heavy atom. The van der Waals surface area contributed by atoms with Crippen LogP contribution in [0.3, 0.4) is 0 Å². The molecule has 2 saturated heterocycles. The van der Waals surface area contributed by atoms with E-state index in [2.05, 4.69) is 21.2 Å². The molecule has 1 atom stereocenters. The van der Waals surface area contributed by atoms with Crippen molar-refractivity contribution in [2.75, 3.05) is 46.4 Å². The second-order valence-corrected chi connectivity index (χ2v) is 7.19. The van der Waals surface area contributed by atoms with Crippen molar-refractivity contribution >= 4 is 5.91 Å². The number of carbonyl (C=O) groups excluding carboxylic acids is 1. The molecule has 2 aliphatic heterocycles. The summed E-state index contributed by atoms with van der Waals surface area (Å²) in [4.78, 5) is 17.2. The molecule has 0 spiro atoms. The summed E-state index contributed by atoms with van der Waals surface area (Å²) in [7, 11) is 1.69. The first-order chi connectivity index (χ1) is 12.3. The van der Waals surface area contributed by atoms with E-state index in [0.29, 0.717) is 19.1 Å². The summed E-state index contributed by atoms with van der Waals surface area (Å²) in [6.45, 7) is 5.75. The van der Waals surface area contributed by atoms with Crippen LogP contribution in [0.4, 0.5) is 0 Å². The molecule has 0 saturated carbocycles. The lowest BCUT2D eigenvalue weighted by atomic mass is 10.0. The van der Waals surface area contributed by atoms with Gasteiger partial charge >= 0.3 is 0 Å². The Labute approximate surface area is 151 Å². The molecule has 138 valence electrons. The molecule has 5 heteroatoms. The maximum atomic E-state index is 12.3. The Balaban J connectivity index is 1.40. The van der Waals surface area contributed by atoms with Crippen LogP contribution in [-0.2, 0) is 11.2 Å². The summed E-state index contributed by atoms with van der Waals surface area (Å²) in [5, 5.41) is 3.06. The van der Waals surface area contributed by atoms with E-state index in [1.54, 1.807) is 7.11 Å². The molecule has 1 aromatic carbocycles. The van der Waals surface area contributed by atoms with Crippen LogP contribution in [0, 0.1) is 0 Å². The summed E-state index contributed by atoms with van der Waals surface area (Å²) in [5.74, 6) is 1.03. The monoisotopic (exact) mass is 345 g/mol. The molecule has 0 radical (unpaired) electrons. The number of piperidine rings is 1. The van der Waals surface area contributed by atoms with Gasteiger partial charge in [0.15, 0.2) is 0 Å². The normalized spacial score (nSPS) is 22.0. The maximum absolute atomic E-state index is 12.3. The number of ether oxygens (including phenoxy) is 1. The highest BCUT2D eigenvalue weighted by Gasteiger charge is 2.27. The number of nitrogens with zero attached hydrogens (tertiary/aromatic N) is 2. The molecular formula is C20H31N3O2. The minimum atomic E-state index is 0.136. The minimum absolute atomic E-state index is 0.136. The molecule has 3 rings (SSSR count). The first-order valence-corrected chi connectivity index (χ1v) is 9.61. The number of amides is 1. The van der Waals surface area contributed by atoms with Gasteiger partial charge in [-0.3, -0.25) is 14.6 Å². The van der Waals surface area contributed by atoms with E-state index in [-0.39, 0.29) is 5.91 Å². The van der Waals surface area contributed by atoms with Crippen LogP contribution in [0.1, 0.15) is 31.2 Å². The van der Waals surface area contributed by atoms with Gasteiger partial charge in [0, 0.05) is 19.1 Å². The quantitative estimate of drug-likeness (QED) is 0.820. The Bertz CT molecular complexity index is 558. The fraction of sp³-hybridized carbons (Fsp3) is 0.650. The average molecular weight is 345 g/mol. The van der Waals surface area contributed by atoms with Crippen molar-refractivity contribution < 1.29 is 9.53 Å². The van der Waals surface area contributed by atoms with Crippen LogP contribution in [0.2, 0.25) is 0 Å². The van der Waals surface area contributed by atoms with Gasteiger partial charge in [-0.05, 0) is 63.4 Å². The first kappa shape index (κ1) is 18.2. The number of hydrogen-bond acceptors (Lipinski definition) is 4. The van der Waals surface area contributed by atoms with E-state index in [9.17, 15) is 4.79 Å². The smallest absolute Gasteiger partial charge is 0.234 e. The van der Waals surface area contributed by atoms with Crippen LogP contribution in [0.15, 0.2) is 24.3 Å². The molecule has 0 bridgehead atoms. The zero-order chi connectivity index (χ0) is 17.5. The van der Waals surface area contributed by atoms with Gasteiger partial charge in [0.2, 0.25) is 5.91 Å². The Morgan fingerprint density at radius 1 is 1.20 bits per heavy atom. The van der Waals surface area contributed by atoms with Crippen molar-refractivity contribution in [1.29, 1.82) is 0 Å². The van der Waals surface area contributed by atoms with Crippen molar-refractivity contribution in [3.05, 3.63) is 29.8 Å². The summed E-state index contributed by atoms with van der Waals surface area (Å²) < 4.78 is 5.36. The van der Waals surface area contributed by atoms with E-state index in [0.717, 1.165) is 30.8 Å². The molecule has 5 nitrogen and oxygen atoms in total. The van der Waals surface area contributed by atoms with Gasteiger partial charge in [0.05, 0.1) is 13.7 Å². The number of methoxy groups -OCH3 is 1. The van der Waals surface area contributed by atoms with Gasteiger partial charge in [-0.2, -0.15) is 0 Å². The number of nitrogens with one attached hydrogen (secondary N) is 1. The van der Waals surface area contributed by atoms with Gasteiger partial charge in [0.1, 0.15) is 5.75 Å². The summed E-state index contributed by atoms with van der Waals surface area (Å²) in [5.41, 5.74) is 1.14. The fourth-order valence-electron chi connectivity index (χ4n) is 4.08. The largest absolute Gasteiger partial charge is 0.496 e. The molecule has 0 aliphatic carbocycles.